The minimum Gasteiger partial charge on any atom is -0.395 e. The average molecular weight is 248 g/mol. The van der Waals surface area contributed by atoms with Crippen LogP contribution in [0.3, 0.4) is 0 Å². The van der Waals surface area contributed by atoms with E-state index in [4.69, 9.17) is 5.73 Å². The molecule has 1 amide bonds. The van der Waals surface area contributed by atoms with Crippen LogP contribution < -0.4 is 5.73 Å². The maximum absolute atomic E-state index is 12.3. The second-order valence-corrected chi connectivity index (χ2v) is 4.71. The Bertz CT molecular complexity index is 448. The van der Waals surface area contributed by atoms with Gasteiger partial charge in [-0.25, -0.2) is 0 Å². The van der Waals surface area contributed by atoms with Crippen LogP contribution in [0.2, 0.25) is 0 Å². The van der Waals surface area contributed by atoms with Crippen molar-refractivity contribution in [2.75, 3.05) is 18.8 Å². The van der Waals surface area contributed by atoms with E-state index in [1.54, 1.807) is 11.0 Å². The van der Waals surface area contributed by atoms with Crippen molar-refractivity contribution >= 4 is 11.6 Å². The van der Waals surface area contributed by atoms with E-state index in [0.717, 1.165) is 25.0 Å². The number of hydrogen-bond donors (Lipinski definition) is 2. The van der Waals surface area contributed by atoms with Crippen LogP contribution in [0.25, 0.3) is 0 Å². The molecule has 18 heavy (non-hydrogen) atoms. The molecule has 1 aromatic heterocycles. The fourth-order valence-corrected chi connectivity index (χ4v) is 2.06. The lowest BCUT2D eigenvalue weighted by Crippen LogP contribution is -2.32. The molecule has 1 aliphatic carbocycles. The molecule has 0 atom stereocenters. The van der Waals surface area contributed by atoms with Crippen molar-refractivity contribution in [3.63, 3.8) is 0 Å². The molecule has 0 bridgehead atoms. The third-order valence-electron chi connectivity index (χ3n) is 3.15. The lowest BCUT2D eigenvalue weighted by molar-refractivity contribution is 0.0769. The Balaban J connectivity index is 2.18. The van der Waals surface area contributed by atoms with E-state index in [9.17, 15) is 4.79 Å². The Morgan fingerprint density at radius 3 is 2.94 bits per heavy atom. The zero-order chi connectivity index (χ0) is 13.1. The molecule has 1 aliphatic rings. The van der Waals surface area contributed by atoms with E-state index < -0.39 is 0 Å². The molecule has 2 rings (SSSR count). The minimum atomic E-state index is -0.114. The molecule has 1 heterocycles. The number of nitrogens with zero attached hydrogens (tertiary/aromatic N) is 2. The van der Waals surface area contributed by atoms with E-state index in [-0.39, 0.29) is 5.91 Å². The van der Waals surface area contributed by atoms with Crippen molar-refractivity contribution in [1.29, 1.82) is 0 Å². The summed E-state index contributed by atoms with van der Waals surface area (Å²) < 4.78 is 0. The average Bonchev–Trinajstić information content (AvgIpc) is 3.12. The van der Waals surface area contributed by atoms with Gasteiger partial charge < -0.3 is 10.6 Å². The van der Waals surface area contributed by atoms with Gasteiger partial charge in [-0.15, -0.1) is 6.58 Å². The highest BCUT2D eigenvalue weighted by molar-refractivity contribution is 5.97. The summed E-state index contributed by atoms with van der Waals surface area (Å²) in [6.45, 7) is 6.92. The Morgan fingerprint density at radius 1 is 1.67 bits per heavy atom. The van der Waals surface area contributed by atoms with Crippen LogP contribution in [-0.4, -0.2) is 34.1 Å². The molecule has 1 aromatic rings. The first-order chi connectivity index (χ1) is 8.69. The number of nitrogens with one attached hydrogen (secondary N) is 1. The second kappa shape index (κ2) is 5.25. The van der Waals surface area contributed by atoms with Gasteiger partial charge in [0.25, 0.3) is 5.91 Å². The number of amides is 1. The fourth-order valence-electron chi connectivity index (χ4n) is 2.06. The topological polar surface area (TPSA) is 75.0 Å². The number of nitrogen functional groups attached to an aromatic ring is 1. The number of carbonyl (C=O) groups excluding carboxylic acids is 1. The predicted molar refractivity (Wildman–Crippen MR) is 71.4 cm³/mol. The normalized spacial score (nSPS) is 14.5. The standard InChI is InChI=1S/C13H20N4O/c1-3-7-17(8-4-2)13(18)12-10(14)11(15-16-12)9-5-6-9/h3,9H,1,4-8,14H2,2H3,(H,15,16). The molecular formula is C13H20N4O. The first-order valence-electron chi connectivity index (χ1n) is 6.42. The van der Waals surface area contributed by atoms with Crippen molar-refractivity contribution in [3.8, 4) is 0 Å². The summed E-state index contributed by atoms with van der Waals surface area (Å²) in [7, 11) is 0. The summed E-state index contributed by atoms with van der Waals surface area (Å²) in [6.07, 6.45) is 4.88. The second-order valence-electron chi connectivity index (χ2n) is 4.71. The van der Waals surface area contributed by atoms with Crippen LogP contribution in [0.5, 0.6) is 0 Å². The number of aromatic nitrogens is 2. The zero-order valence-electron chi connectivity index (χ0n) is 10.8. The summed E-state index contributed by atoms with van der Waals surface area (Å²) in [6, 6.07) is 0. The van der Waals surface area contributed by atoms with Gasteiger partial charge in [-0.3, -0.25) is 9.89 Å². The van der Waals surface area contributed by atoms with Crippen LogP contribution >= 0.6 is 0 Å². The molecule has 3 N–H and O–H groups in total. The van der Waals surface area contributed by atoms with Gasteiger partial charge >= 0.3 is 0 Å². The van der Waals surface area contributed by atoms with Gasteiger partial charge in [0.2, 0.25) is 0 Å². The Kier molecular flexibility index (Phi) is 3.69. The highest BCUT2D eigenvalue weighted by Crippen LogP contribution is 2.42. The number of H-pyrrole nitrogens is 1. The Morgan fingerprint density at radius 2 is 2.39 bits per heavy atom. The quantitative estimate of drug-likeness (QED) is 0.755. The number of anilines is 1. The monoisotopic (exact) mass is 248 g/mol. The SMILES string of the molecule is C=CCN(CCC)C(=O)c1n[nH]c(C2CC2)c1N. The van der Waals surface area contributed by atoms with E-state index in [1.165, 1.54) is 0 Å². The Hall–Kier alpha value is -1.78. The first-order valence-corrected chi connectivity index (χ1v) is 6.42. The van der Waals surface area contributed by atoms with Crippen LogP contribution in [0.15, 0.2) is 12.7 Å². The zero-order valence-corrected chi connectivity index (χ0v) is 10.8. The third kappa shape index (κ3) is 2.39. The molecule has 1 saturated carbocycles. The summed E-state index contributed by atoms with van der Waals surface area (Å²) in [5, 5.41) is 6.99. The molecule has 1 fully saturated rings. The van der Waals surface area contributed by atoms with Crippen LogP contribution in [0.4, 0.5) is 5.69 Å². The lowest BCUT2D eigenvalue weighted by Gasteiger charge is -2.19. The first kappa shape index (κ1) is 12.7. The predicted octanol–water partition coefficient (Wildman–Crippen LogP) is 1.91. The summed E-state index contributed by atoms with van der Waals surface area (Å²) in [4.78, 5) is 14.0. The molecule has 0 unspecified atom stereocenters. The molecular weight excluding hydrogens is 228 g/mol. The summed E-state index contributed by atoms with van der Waals surface area (Å²) in [5.74, 6) is 0.357. The van der Waals surface area contributed by atoms with Crippen molar-refractivity contribution in [1.82, 2.24) is 15.1 Å². The molecule has 0 aromatic carbocycles. The van der Waals surface area contributed by atoms with E-state index in [0.29, 0.717) is 30.4 Å². The number of nitrogens with two attached hydrogens (primary N) is 1. The molecule has 98 valence electrons. The molecule has 0 radical (unpaired) electrons. The van der Waals surface area contributed by atoms with E-state index >= 15 is 0 Å². The van der Waals surface area contributed by atoms with Crippen molar-refractivity contribution < 1.29 is 4.79 Å². The highest BCUT2D eigenvalue weighted by atomic mass is 16.2. The minimum absolute atomic E-state index is 0.114. The Labute approximate surface area is 107 Å². The molecule has 0 spiro atoms. The number of rotatable bonds is 6. The van der Waals surface area contributed by atoms with Crippen molar-refractivity contribution in [3.05, 3.63) is 24.0 Å². The smallest absolute Gasteiger partial charge is 0.276 e. The number of carbonyl (C=O) groups is 1. The van der Waals surface area contributed by atoms with Gasteiger partial charge in [0, 0.05) is 19.0 Å². The van der Waals surface area contributed by atoms with Gasteiger partial charge in [-0.05, 0) is 19.3 Å². The third-order valence-corrected chi connectivity index (χ3v) is 3.15. The van der Waals surface area contributed by atoms with Gasteiger partial charge in [-0.1, -0.05) is 13.0 Å². The number of hydrogen-bond acceptors (Lipinski definition) is 3. The largest absolute Gasteiger partial charge is 0.395 e. The molecule has 0 saturated heterocycles. The van der Waals surface area contributed by atoms with Gasteiger partial charge in [-0.2, -0.15) is 5.10 Å². The van der Waals surface area contributed by atoms with Gasteiger partial charge in [0.1, 0.15) is 0 Å². The van der Waals surface area contributed by atoms with E-state index in [2.05, 4.69) is 16.8 Å². The summed E-state index contributed by atoms with van der Waals surface area (Å²) >= 11 is 0. The number of aromatic amines is 1. The van der Waals surface area contributed by atoms with Crippen molar-refractivity contribution in [2.45, 2.75) is 32.1 Å². The maximum Gasteiger partial charge on any atom is 0.276 e. The summed E-state index contributed by atoms with van der Waals surface area (Å²) in [5.41, 5.74) is 7.81. The molecule has 0 aliphatic heterocycles. The van der Waals surface area contributed by atoms with E-state index in [1.807, 2.05) is 6.92 Å². The lowest BCUT2D eigenvalue weighted by atomic mass is 10.2. The van der Waals surface area contributed by atoms with Crippen LogP contribution in [0, 0.1) is 0 Å². The highest BCUT2D eigenvalue weighted by Gasteiger charge is 2.31. The van der Waals surface area contributed by atoms with Crippen LogP contribution in [-0.2, 0) is 0 Å². The molecule has 5 heteroatoms. The van der Waals surface area contributed by atoms with Crippen molar-refractivity contribution in [2.24, 2.45) is 0 Å². The van der Waals surface area contributed by atoms with Crippen LogP contribution in [0.1, 0.15) is 48.3 Å². The molecule has 5 nitrogen and oxygen atoms in total. The fraction of sp³-hybridized carbons (Fsp3) is 0.538. The van der Waals surface area contributed by atoms with Gasteiger partial charge in [0.05, 0.1) is 11.4 Å². The van der Waals surface area contributed by atoms with Gasteiger partial charge in [0.15, 0.2) is 5.69 Å². The maximum atomic E-state index is 12.3.